The van der Waals surface area contributed by atoms with E-state index in [1.54, 1.807) is 23.5 Å². The van der Waals surface area contributed by atoms with Crippen molar-refractivity contribution in [2.45, 2.75) is 71.7 Å². The number of carbonyl (C=O) groups is 1. The summed E-state index contributed by atoms with van der Waals surface area (Å²) < 4.78 is 39.1. The number of thiophene rings is 1. The Balaban J connectivity index is 1.54. The third kappa shape index (κ3) is 7.99. The predicted octanol–water partition coefficient (Wildman–Crippen LogP) is 3.89. The van der Waals surface area contributed by atoms with Crippen LogP contribution in [0.1, 0.15) is 46.4 Å². The van der Waals surface area contributed by atoms with Crippen molar-refractivity contribution in [3.8, 4) is 16.2 Å². The number of nitrogens with one attached hydrogen (secondary N) is 2. The Morgan fingerprint density at radius 2 is 1.93 bits per heavy atom. The molecule has 15 heteroatoms. The number of ether oxygens (including phenoxy) is 2. The standard InChI is InChI=1S/C29H37FN3O9PS/c1-17-12-14-44-23(17)19-7-9-20(10-8-19)42-43(38,32-18(2)25(36)39-16-28(3,4)5)40-15-21-24(35)29(6,30)26(41-21)33-13-11-22(34)31-27(33)37/h7-14,18,21,24,26,32,35,38H,15-16H2,1-6H3/p+1/t18-,21+,24+,26+,29+,43?/m0/s1. The van der Waals surface area contributed by atoms with E-state index in [9.17, 15) is 24.4 Å². The van der Waals surface area contributed by atoms with Crippen LogP contribution in [-0.4, -0.2) is 62.7 Å². The zero-order valence-electron chi connectivity index (χ0n) is 25.3. The van der Waals surface area contributed by atoms with Crippen LogP contribution in [0.2, 0.25) is 0 Å². The van der Waals surface area contributed by atoms with Crippen LogP contribution in [0.4, 0.5) is 4.39 Å². The van der Waals surface area contributed by atoms with Crippen LogP contribution in [0.15, 0.2) is 57.6 Å². The first-order valence-corrected chi connectivity index (χ1v) is 16.3. The lowest BCUT2D eigenvalue weighted by molar-refractivity contribution is -0.148. The molecule has 0 radical (unpaired) electrons. The molecule has 1 saturated heterocycles. The number of hydrogen-bond acceptors (Lipinski definition) is 11. The molecule has 1 aromatic carbocycles. The van der Waals surface area contributed by atoms with Crippen molar-refractivity contribution in [1.29, 1.82) is 0 Å². The summed E-state index contributed by atoms with van der Waals surface area (Å²) in [5.41, 5.74) is -2.35. The van der Waals surface area contributed by atoms with Gasteiger partial charge >= 0.3 is 19.8 Å². The van der Waals surface area contributed by atoms with Crippen molar-refractivity contribution < 1.29 is 37.7 Å². The highest BCUT2D eigenvalue weighted by atomic mass is 32.1. The molecule has 3 heterocycles. The summed E-state index contributed by atoms with van der Waals surface area (Å²) in [6, 6.07) is 8.82. The molecule has 6 atom stereocenters. The zero-order valence-corrected chi connectivity index (χ0v) is 27.0. The molecule has 0 aliphatic carbocycles. The molecule has 0 saturated carbocycles. The maximum absolute atomic E-state index is 15.7. The summed E-state index contributed by atoms with van der Waals surface area (Å²) in [6.45, 7) is 9.73. The van der Waals surface area contributed by atoms with Crippen LogP contribution < -0.4 is 20.9 Å². The summed E-state index contributed by atoms with van der Waals surface area (Å²) in [6.07, 6.45) is -3.74. The first-order chi connectivity index (χ1) is 20.5. The highest BCUT2D eigenvalue weighted by Gasteiger charge is 2.57. The molecule has 0 spiro atoms. The number of aliphatic hydroxyl groups excluding tert-OH is 1. The first kappa shape index (κ1) is 33.9. The number of aromatic nitrogens is 2. The molecule has 240 valence electrons. The van der Waals surface area contributed by atoms with Gasteiger partial charge in [0.05, 0.1) is 6.61 Å². The molecule has 1 fully saturated rings. The van der Waals surface area contributed by atoms with Crippen molar-refractivity contribution in [3.05, 3.63) is 74.4 Å². The number of halogens is 1. The van der Waals surface area contributed by atoms with Crippen molar-refractivity contribution in [2.24, 2.45) is 5.41 Å². The fraction of sp³-hybridized carbons (Fsp3) is 0.483. The molecule has 0 amide bonds. The molecule has 1 aliphatic heterocycles. The number of aliphatic hydroxyl groups is 1. The van der Waals surface area contributed by atoms with E-state index in [-0.39, 0.29) is 17.8 Å². The van der Waals surface area contributed by atoms with Gasteiger partial charge in [0, 0.05) is 17.1 Å². The lowest BCUT2D eigenvalue weighted by Gasteiger charge is -2.24. The molecule has 44 heavy (non-hydrogen) atoms. The van der Waals surface area contributed by atoms with E-state index in [0.717, 1.165) is 39.8 Å². The highest BCUT2D eigenvalue weighted by molar-refractivity contribution is 7.59. The van der Waals surface area contributed by atoms with E-state index in [0.29, 0.717) is 0 Å². The molecule has 12 nitrogen and oxygen atoms in total. The van der Waals surface area contributed by atoms with E-state index in [2.05, 4.69) is 5.09 Å². The van der Waals surface area contributed by atoms with Gasteiger partial charge in [-0.3, -0.25) is 23.7 Å². The number of nitrogens with zero attached hydrogens (tertiary/aromatic N) is 1. The minimum Gasteiger partial charge on any atom is -0.464 e. The molecule has 3 aromatic rings. The monoisotopic (exact) mass is 654 g/mol. The quantitative estimate of drug-likeness (QED) is 0.176. The summed E-state index contributed by atoms with van der Waals surface area (Å²) in [5, 5.41) is 15.4. The Hall–Kier alpha value is -2.97. The Morgan fingerprint density at radius 3 is 2.52 bits per heavy atom. The van der Waals surface area contributed by atoms with Crippen LogP contribution in [0, 0.1) is 12.3 Å². The van der Waals surface area contributed by atoms with Gasteiger partial charge in [0.25, 0.3) is 5.56 Å². The number of benzene rings is 1. The van der Waals surface area contributed by atoms with Crippen LogP contribution >= 0.6 is 19.4 Å². The molecule has 1 aliphatic rings. The van der Waals surface area contributed by atoms with E-state index in [4.69, 9.17) is 18.5 Å². The maximum Gasteiger partial charge on any atom is 0.544 e. The Labute approximate surface area is 258 Å². The normalized spacial score (nSPS) is 24.1. The smallest absolute Gasteiger partial charge is 0.464 e. The van der Waals surface area contributed by atoms with Gasteiger partial charge in [-0.2, -0.15) is 9.42 Å². The van der Waals surface area contributed by atoms with Gasteiger partial charge in [0.1, 0.15) is 24.9 Å². The number of aromatic amines is 1. The van der Waals surface area contributed by atoms with Gasteiger partial charge in [-0.25, -0.2) is 9.18 Å². The van der Waals surface area contributed by atoms with Gasteiger partial charge in [0.15, 0.2) is 17.6 Å². The number of alkyl halides is 1. The zero-order chi connectivity index (χ0) is 32.4. The second-order valence-electron chi connectivity index (χ2n) is 12.0. The Bertz CT molecular complexity index is 1570. The lowest BCUT2D eigenvalue weighted by Crippen LogP contribution is -2.44. The largest absolute Gasteiger partial charge is 0.544 e. The second kappa shape index (κ2) is 13.2. The third-order valence-electron chi connectivity index (χ3n) is 6.80. The summed E-state index contributed by atoms with van der Waals surface area (Å²) in [4.78, 5) is 51.2. The highest BCUT2D eigenvalue weighted by Crippen LogP contribution is 2.54. The van der Waals surface area contributed by atoms with Crippen LogP contribution in [0.3, 0.4) is 0 Å². The van der Waals surface area contributed by atoms with E-state index in [1.807, 2.05) is 56.3 Å². The third-order valence-corrected chi connectivity index (χ3v) is 9.54. The molecule has 0 bridgehead atoms. The van der Waals surface area contributed by atoms with E-state index >= 15 is 4.39 Å². The van der Waals surface area contributed by atoms with Crippen molar-refractivity contribution in [3.63, 3.8) is 0 Å². The molecular formula is C29H38FN3O9PS+. The van der Waals surface area contributed by atoms with Gasteiger partial charge in [-0.05, 0) is 73.0 Å². The Morgan fingerprint density at radius 1 is 1.25 bits per heavy atom. The van der Waals surface area contributed by atoms with Crippen LogP contribution in [0.25, 0.3) is 10.4 Å². The average Bonchev–Trinajstić information content (AvgIpc) is 3.46. The van der Waals surface area contributed by atoms with Crippen LogP contribution in [0.5, 0.6) is 5.75 Å². The van der Waals surface area contributed by atoms with Crippen LogP contribution in [-0.2, 0) is 18.8 Å². The molecule has 1 unspecified atom stereocenters. The average molecular weight is 655 g/mol. The van der Waals surface area contributed by atoms with Gasteiger partial charge in [0.2, 0.25) is 0 Å². The van der Waals surface area contributed by atoms with Crippen molar-refractivity contribution in [2.75, 3.05) is 13.2 Å². The minimum absolute atomic E-state index is 0.128. The molecule has 4 N–H and O–H groups in total. The van der Waals surface area contributed by atoms with Gasteiger partial charge < -0.3 is 14.6 Å². The number of esters is 1. The summed E-state index contributed by atoms with van der Waals surface area (Å²) in [5.74, 6) is -0.456. The number of aryl methyl sites for hydroxylation is 1. The number of H-pyrrole nitrogens is 1. The molecule has 4 rings (SSSR count). The SMILES string of the molecule is Cc1ccsc1-c1ccc(O[P+](O)(N[C@@H](C)C(=O)OCC(C)(C)C)OC[C@H]2O[C@@H](n3ccc(=O)[nH]c3=O)[C@](C)(F)[C@@H]2O)cc1. The van der Waals surface area contributed by atoms with Crippen molar-refractivity contribution >= 4 is 25.4 Å². The van der Waals surface area contributed by atoms with Gasteiger partial charge in [-0.1, -0.05) is 25.9 Å². The molecular weight excluding hydrogens is 616 g/mol. The maximum atomic E-state index is 15.7. The predicted molar refractivity (Wildman–Crippen MR) is 164 cm³/mol. The topological polar surface area (TPSA) is 161 Å². The fourth-order valence-corrected chi connectivity index (χ4v) is 6.88. The van der Waals surface area contributed by atoms with Crippen molar-refractivity contribution in [1.82, 2.24) is 14.6 Å². The number of carbonyl (C=O) groups excluding carboxylic acids is 1. The second-order valence-corrected chi connectivity index (χ2v) is 14.7. The molecule has 2 aromatic heterocycles. The Kier molecular flexibility index (Phi) is 10.2. The summed E-state index contributed by atoms with van der Waals surface area (Å²) in [7, 11) is -4.16. The minimum atomic E-state index is -4.16. The van der Waals surface area contributed by atoms with E-state index in [1.165, 1.54) is 6.92 Å². The lowest BCUT2D eigenvalue weighted by atomic mass is 9.98. The van der Waals surface area contributed by atoms with Gasteiger partial charge in [-0.15, -0.1) is 11.3 Å². The number of rotatable bonds is 11. The number of hydrogen-bond donors (Lipinski definition) is 4. The first-order valence-electron chi connectivity index (χ1n) is 13.9. The fourth-order valence-electron chi connectivity index (χ4n) is 4.42. The van der Waals surface area contributed by atoms with E-state index < -0.39 is 62.1 Å². The summed E-state index contributed by atoms with van der Waals surface area (Å²) >= 11 is 1.58.